The summed E-state index contributed by atoms with van der Waals surface area (Å²) < 4.78 is 10.4. The van der Waals surface area contributed by atoms with Crippen molar-refractivity contribution in [2.24, 2.45) is 11.8 Å². The Bertz CT molecular complexity index is 574. The number of carbonyl (C=O) groups excluding carboxylic acids is 2. The van der Waals surface area contributed by atoms with Crippen LogP contribution in [0.4, 0.5) is 0 Å². The van der Waals surface area contributed by atoms with Gasteiger partial charge >= 0.3 is 0 Å². The second-order valence-corrected chi connectivity index (χ2v) is 5.65. The largest absolute Gasteiger partial charge is 0.493 e. The predicted octanol–water partition coefficient (Wildman–Crippen LogP) is 1.48. The number of hydrogen-bond donors (Lipinski definition) is 2. The number of benzene rings is 1. The fourth-order valence-electron chi connectivity index (χ4n) is 2.46. The van der Waals surface area contributed by atoms with Gasteiger partial charge in [-0.3, -0.25) is 9.59 Å². The lowest BCUT2D eigenvalue weighted by molar-refractivity contribution is -0.127. The molecule has 0 spiro atoms. The fraction of sp³-hybridized carbons (Fsp3) is 0.529. The van der Waals surface area contributed by atoms with E-state index in [0.29, 0.717) is 31.0 Å². The maximum absolute atomic E-state index is 12.1. The molecule has 2 N–H and O–H groups in total. The van der Waals surface area contributed by atoms with E-state index in [-0.39, 0.29) is 23.7 Å². The van der Waals surface area contributed by atoms with Gasteiger partial charge in [-0.25, -0.2) is 0 Å². The van der Waals surface area contributed by atoms with E-state index in [9.17, 15) is 9.59 Å². The van der Waals surface area contributed by atoms with Crippen LogP contribution in [0, 0.1) is 11.8 Å². The Hall–Kier alpha value is -2.24. The smallest absolute Gasteiger partial charge is 0.224 e. The van der Waals surface area contributed by atoms with Gasteiger partial charge in [0.05, 0.1) is 26.1 Å². The summed E-state index contributed by atoms with van der Waals surface area (Å²) in [6.07, 6.45) is 1.53. The molecular formula is C17H24N2O4. The van der Waals surface area contributed by atoms with Crippen LogP contribution < -0.4 is 20.1 Å². The molecule has 1 saturated carbocycles. The van der Waals surface area contributed by atoms with E-state index in [1.807, 2.05) is 19.1 Å². The summed E-state index contributed by atoms with van der Waals surface area (Å²) in [7, 11) is 3.15. The Kier molecular flexibility index (Phi) is 5.84. The number of nitrogens with one attached hydrogen (secondary N) is 2. The van der Waals surface area contributed by atoms with E-state index in [2.05, 4.69) is 10.6 Å². The Balaban J connectivity index is 1.83. The van der Waals surface area contributed by atoms with Crippen LogP contribution in [0.5, 0.6) is 11.5 Å². The van der Waals surface area contributed by atoms with Gasteiger partial charge in [-0.1, -0.05) is 13.0 Å². The van der Waals surface area contributed by atoms with Crippen LogP contribution in [-0.2, 0) is 16.1 Å². The Morgan fingerprint density at radius 1 is 1.09 bits per heavy atom. The molecule has 0 saturated heterocycles. The fourth-order valence-corrected chi connectivity index (χ4v) is 2.46. The van der Waals surface area contributed by atoms with E-state index < -0.39 is 0 Å². The second kappa shape index (κ2) is 7.85. The zero-order valence-corrected chi connectivity index (χ0v) is 13.8. The highest BCUT2D eigenvalue weighted by atomic mass is 16.5. The highest BCUT2D eigenvalue weighted by Gasteiger charge is 2.47. The summed E-state index contributed by atoms with van der Waals surface area (Å²) in [4.78, 5) is 23.9. The summed E-state index contributed by atoms with van der Waals surface area (Å²) in [5.41, 5.74) is 0.920. The summed E-state index contributed by atoms with van der Waals surface area (Å²) in [5.74, 6) is 0.813. The molecule has 1 aliphatic carbocycles. The van der Waals surface area contributed by atoms with Gasteiger partial charge in [0.1, 0.15) is 0 Å². The first-order chi connectivity index (χ1) is 11.1. The van der Waals surface area contributed by atoms with Gasteiger partial charge in [0.25, 0.3) is 0 Å². The number of amides is 2. The van der Waals surface area contributed by atoms with Crippen molar-refractivity contribution < 1.29 is 19.1 Å². The van der Waals surface area contributed by atoms with Crippen LogP contribution in [0.25, 0.3) is 0 Å². The van der Waals surface area contributed by atoms with Gasteiger partial charge < -0.3 is 20.1 Å². The van der Waals surface area contributed by atoms with E-state index in [1.165, 1.54) is 0 Å². The van der Waals surface area contributed by atoms with E-state index in [1.54, 1.807) is 20.3 Å². The molecule has 2 amide bonds. The highest BCUT2D eigenvalue weighted by molar-refractivity contribution is 5.92. The molecule has 0 aromatic heterocycles. The minimum atomic E-state index is -0.202. The lowest BCUT2D eigenvalue weighted by Crippen LogP contribution is -2.30. The zero-order valence-electron chi connectivity index (χ0n) is 13.8. The molecule has 1 aliphatic rings. The van der Waals surface area contributed by atoms with Crippen molar-refractivity contribution in [3.05, 3.63) is 23.8 Å². The number of hydrogen-bond acceptors (Lipinski definition) is 4. The Morgan fingerprint density at radius 2 is 1.74 bits per heavy atom. The van der Waals surface area contributed by atoms with Gasteiger partial charge in [-0.15, -0.1) is 0 Å². The van der Waals surface area contributed by atoms with Gasteiger partial charge in [0, 0.05) is 13.1 Å². The second-order valence-electron chi connectivity index (χ2n) is 5.65. The SMILES string of the molecule is CCCNC(=O)C1CC1C(=O)NCc1ccc(OC)c(OC)c1. The lowest BCUT2D eigenvalue weighted by Gasteiger charge is -2.10. The van der Waals surface area contributed by atoms with Crippen LogP contribution in [0.3, 0.4) is 0 Å². The van der Waals surface area contributed by atoms with Crippen LogP contribution in [0.15, 0.2) is 18.2 Å². The number of carbonyl (C=O) groups is 2. The first-order valence-corrected chi connectivity index (χ1v) is 7.87. The van der Waals surface area contributed by atoms with Gasteiger partial charge in [0.15, 0.2) is 11.5 Å². The molecule has 0 bridgehead atoms. The van der Waals surface area contributed by atoms with Gasteiger partial charge in [-0.2, -0.15) is 0 Å². The molecule has 6 nitrogen and oxygen atoms in total. The molecule has 2 rings (SSSR count). The molecule has 1 aromatic carbocycles. The first-order valence-electron chi connectivity index (χ1n) is 7.87. The van der Waals surface area contributed by atoms with Crippen molar-refractivity contribution in [3.8, 4) is 11.5 Å². The maximum Gasteiger partial charge on any atom is 0.224 e. The molecule has 2 atom stereocenters. The minimum absolute atomic E-state index is 0.0156. The van der Waals surface area contributed by atoms with Gasteiger partial charge in [0.2, 0.25) is 11.8 Å². The topological polar surface area (TPSA) is 76.7 Å². The first kappa shape index (κ1) is 17.1. The van der Waals surface area contributed by atoms with Crippen LogP contribution in [0.1, 0.15) is 25.3 Å². The van der Waals surface area contributed by atoms with Crippen LogP contribution in [0.2, 0.25) is 0 Å². The molecule has 23 heavy (non-hydrogen) atoms. The monoisotopic (exact) mass is 320 g/mol. The molecule has 1 fully saturated rings. The normalized spacial score (nSPS) is 18.9. The van der Waals surface area contributed by atoms with E-state index in [0.717, 1.165) is 12.0 Å². The third-order valence-electron chi connectivity index (χ3n) is 3.93. The van der Waals surface area contributed by atoms with Crippen molar-refractivity contribution in [2.45, 2.75) is 26.3 Å². The summed E-state index contributed by atoms with van der Waals surface area (Å²) in [5, 5.41) is 5.71. The molecule has 1 aromatic rings. The average molecular weight is 320 g/mol. The summed E-state index contributed by atoms with van der Waals surface area (Å²) in [6.45, 7) is 3.06. The van der Waals surface area contributed by atoms with Crippen LogP contribution in [-0.4, -0.2) is 32.6 Å². The van der Waals surface area contributed by atoms with Crippen molar-refractivity contribution in [1.29, 1.82) is 0 Å². The van der Waals surface area contributed by atoms with Crippen molar-refractivity contribution in [3.63, 3.8) is 0 Å². The van der Waals surface area contributed by atoms with Gasteiger partial charge in [-0.05, 0) is 30.5 Å². The predicted molar refractivity (Wildman–Crippen MR) is 86.3 cm³/mol. The van der Waals surface area contributed by atoms with E-state index in [4.69, 9.17) is 9.47 Å². The average Bonchev–Trinajstić information content (AvgIpc) is 3.38. The number of rotatable bonds is 8. The van der Waals surface area contributed by atoms with Crippen molar-refractivity contribution in [1.82, 2.24) is 10.6 Å². The Labute approximate surface area is 136 Å². The third kappa shape index (κ3) is 4.37. The molecule has 0 aliphatic heterocycles. The molecule has 0 heterocycles. The van der Waals surface area contributed by atoms with Crippen LogP contribution >= 0.6 is 0 Å². The molecule has 6 heteroatoms. The molecular weight excluding hydrogens is 296 g/mol. The number of ether oxygens (including phenoxy) is 2. The number of methoxy groups -OCH3 is 2. The molecule has 126 valence electrons. The third-order valence-corrected chi connectivity index (χ3v) is 3.93. The lowest BCUT2D eigenvalue weighted by atomic mass is 10.2. The highest BCUT2D eigenvalue weighted by Crippen LogP contribution is 2.38. The zero-order chi connectivity index (χ0) is 16.8. The quantitative estimate of drug-likeness (QED) is 0.761. The Morgan fingerprint density at radius 3 is 2.35 bits per heavy atom. The summed E-state index contributed by atoms with van der Waals surface area (Å²) in [6, 6.07) is 5.51. The van der Waals surface area contributed by atoms with Crippen molar-refractivity contribution >= 4 is 11.8 Å². The molecule has 0 radical (unpaired) electrons. The standard InChI is InChI=1S/C17H24N2O4/c1-4-7-18-16(20)12-9-13(12)17(21)19-10-11-5-6-14(22-2)15(8-11)23-3/h5-6,8,12-13H,4,7,9-10H2,1-3H3,(H,18,20)(H,19,21). The van der Waals surface area contributed by atoms with Crippen molar-refractivity contribution in [2.75, 3.05) is 20.8 Å². The minimum Gasteiger partial charge on any atom is -0.493 e. The molecule has 2 unspecified atom stereocenters. The van der Waals surface area contributed by atoms with E-state index >= 15 is 0 Å². The summed E-state index contributed by atoms with van der Waals surface area (Å²) >= 11 is 0. The maximum atomic E-state index is 12.1.